The first-order valence-corrected chi connectivity index (χ1v) is 7.64. The highest BCUT2D eigenvalue weighted by molar-refractivity contribution is 5.78. The molecule has 6 heteroatoms. The van der Waals surface area contributed by atoms with E-state index in [0.717, 1.165) is 57.6 Å². The van der Waals surface area contributed by atoms with E-state index in [4.69, 9.17) is 4.74 Å². The summed E-state index contributed by atoms with van der Waals surface area (Å²) in [5, 5.41) is 0. The highest BCUT2D eigenvalue weighted by Crippen LogP contribution is 2.22. The fourth-order valence-electron chi connectivity index (χ4n) is 3.24. The van der Waals surface area contributed by atoms with Crippen molar-refractivity contribution in [3.8, 4) is 6.01 Å². The molecule has 3 heterocycles. The molecule has 0 unspecified atom stereocenters. The number of rotatable bonds is 4. The van der Waals surface area contributed by atoms with Gasteiger partial charge in [0.05, 0.1) is 12.8 Å². The number of hydrogen-bond donors (Lipinski definition) is 0. The van der Waals surface area contributed by atoms with Gasteiger partial charge in [-0.25, -0.2) is 4.98 Å². The van der Waals surface area contributed by atoms with Gasteiger partial charge in [0.2, 0.25) is 5.91 Å². The molecule has 3 rings (SSSR count). The Morgan fingerprint density at radius 2 is 2.14 bits per heavy atom. The zero-order valence-corrected chi connectivity index (χ0v) is 12.5. The van der Waals surface area contributed by atoms with Crippen molar-refractivity contribution in [3.05, 3.63) is 18.0 Å². The number of amides is 1. The first-order valence-electron chi connectivity index (χ1n) is 7.64. The summed E-state index contributed by atoms with van der Waals surface area (Å²) in [4.78, 5) is 24.7. The Bertz CT molecular complexity index is 500. The van der Waals surface area contributed by atoms with E-state index >= 15 is 0 Å². The summed E-state index contributed by atoms with van der Waals surface area (Å²) in [6, 6.07) is 2.79. The third-order valence-electron chi connectivity index (χ3n) is 4.37. The minimum absolute atomic E-state index is 0.342. The number of aromatic nitrogens is 2. The third-order valence-corrected chi connectivity index (χ3v) is 4.37. The normalized spacial score (nSPS) is 21.0. The molecule has 6 nitrogen and oxygen atoms in total. The van der Waals surface area contributed by atoms with Gasteiger partial charge in [-0.2, -0.15) is 4.98 Å². The molecule has 0 radical (unpaired) electrons. The lowest BCUT2D eigenvalue weighted by atomic mass is 10.0. The highest BCUT2D eigenvalue weighted by Gasteiger charge is 2.30. The van der Waals surface area contributed by atoms with Gasteiger partial charge in [-0.05, 0) is 25.3 Å². The van der Waals surface area contributed by atoms with Crippen LogP contribution in [-0.4, -0.2) is 58.5 Å². The van der Waals surface area contributed by atoms with Crippen molar-refractivity contribution in [1.82, 2.24) is 19.8 Å². The smallest absolute Gasteiger partial charge is 0.316 e. The van der Waals surface area contributed by atoms with Crippen molar-refractivity contribution >= 4 is 5.91 Å². The van der Waals surface area contributed by atoms with Gasteiger partial charge >= 0.3 is 6.01 Å². The molecule has 114 valence electrons. The number of piperidine rings is 1. The average Bonchev–Trinajstić information content (AvgIpc) is 2.94. The Labute approximate surface area is 125 Å². The van der Waals surface area contributed by atoms with Crippen LogP contribution in [0.5, 0.6) is 6.01 Å². The van der Waals surface area contributed by atoms with Crippen LogP contribution in [-0.2, 0) is 11.3 Å². The van der Waals surface area contributed by atoms with E-state index in [0.29, 0.717) is 18.0 Å². The van der Waals surface area contributed by atoms with Crippen LogP contribution < -0.4 is 4.74 Å². The van der Waals surface area contributed by atoms with Gasteiger partial charge in [-0.15, -0.1) is 0 Å². The van der Waals surface area contributed by atoms with Gasteiger partial charge in [0.15, 0.2) is 0 Å². The molecule has 0 saturated carbocycles. The molecular weight excluding hydrogens is 268 g/mol. The molecule has 0 N–H and O–H groups in total. The van der Waals surface area contributed by atoms with Crippen LogP contribution in [0.1, 0.15) is 31.4 Å². The van der Waals surface area contributed by atoms with Gasteiger partial charge in [0.25, 0.3) is 0 Å². The molecular formula is C15H22N4O2. The van der Waals surface area contributed by atoms with Crippen molar-refractivity contribution in [2.75, 3.05) is 26.7 Å². The molecule has 0 spiro atoms. The lowest BCUT2D eigenvalue weighted by molar-refractivity contribution is -0.130. The standard InChI is InChI=1S/C15H22N4O2/c1-21-15-16-7-4-12(17-15)11-18-9-5-13(6-10-18)19-8-2-3-14(19)20/h4,7,13H,2-3,5-6,8-11H2,1H3. The molecule has 0 bridgehead atoms. The minimum Gasteiger partial charge on any atom is -0.467 e. The number of methoxy groups -OCH3 is 1. The lowest BCUT2D eigenvalue weighted by Crippen LogP contribution is -2.45. The van der Waals surface area contributed by atoms with Gasteiger partial charge < -0.3 is 9.64 Å². The van der Waals surface area contributed by atoms with E-state index in [1.807, 2.05) is 6.07 Å². The number of carbonyl (C=O) groups is 1. The Morgan fingerprint density at radius 1 is 1.33 bits per heavy atom. The zero-order chi connectivity index (χ0) is 14.7. The van der Waals surface area contributed by atoms with Crippen LogP contribution in [0.2, 0.25) is 0 Å². The maximum Gasteiger partial charge on any atom is 0.316 e. The van der Waals surface area contributed by atoms with Crippen LogP contribution in [0.4, 0.5) is 0 Å². The van der Waals surface area contributed by atoms with Crippen LogP contribution >= 0.6 is 0 Å². The molecule has 2 aliphatic heterocycles. The topological polar surface area (TPSA) is 58.6 Å². The van der Waals surface area contributed by atoms with E-state index in [2.05, 4.69) is 19.8 Å². The van der Waals surface area contributed by atoms with Crippen LogP contribution in [0.15, 0.2) is 12.3 Å². The maximum atomic E-state index is 11.8. The van der Waals surface area contributed by atoms with Crippen molar-refractivity contribution in [3.63, 3.8) is 0 Å². The molecule has 2 saturated heterocycles. The molecule has 2 aliphatic rings. The number of nitrogens with zero attached hydrogens (tertiary/aromatic N) is 4. The summed E-state index contributed by atoms with van der Waals surface area (Å²) in [7, 11) is 1.58. The second-order valence-electron chi connectivity index (χ2n) is 5.73. The first kappa shape index (κ1) is 14.3. The number of likely N-dealkylation sites (tertiary alicyclic amines) is 2. The molecule has 21 heavy (non-hydrogen) atoms. The number of carbonyl (C=O) groups excluding carboxylic acids is 1. The number of hydrogen-bond acceptors (Lipinski definition) is 5. The first-order chi connectivity index (χ1) is 10.3. The van der Waals surface area contributed by atoms with Crippen molar-refractivity contribution in [2.45, 2.75) is 38.3 Å². The molecule has 0 aromatic carbocycles. The van der Waals surface area contributed by atoms with E-state index < -0.39 is 0 Å². The summed E-state index contributed by atoms with van der Waals surface area (Å²) in [6.45, 7) is 3.80. The quantitative estimate of drug-likeness (QED) is 0.830. The Morgan fingerprint density at radius 3 is 2.81 bits per heavy atom. The molecule has 1 aromatic heterocycles. The largest absolute Gasteiger partial charge is 0.467 e. The van der Waals surface area contributed by atoms with E-state index in [9.17, 15) is 4.79 Å². The lowest BCUT2D eigenvalue weighted by Gasteiger charge is -2.36. The summed E-state index contributed by atoms with van der Waals surface area (Å²) < 4.78 is 5.06. The third kappa shape index (κ3) is 3.32. The van der Waals surface area contributed by atoms with Gasteiger partial charge in [0.1, 0.15) is 0 Å². The van der Waals surface area contributed by atoms with E-state index in [1.165, 1.54) is 0 Å². The van der Waals surface area contributed by atoms with Gasteiger partial charge in [-0.1, -0.05) is 0 Å². The Kier molecular flexibility index (Phi) is 4.34. The van der Waals surface area contributed by atoms with Crippen LogP contribution in [0.25, 0.3) is 0 Å². The molecule has 2 fully saturated rings. The number of ether oxygens (including phenoxy) is 1. The predicted molar refractivity (Wildman–Crippen MR) is 77.8 cm³/mol. The SMILES string of the molecule is COc1nccc(CN2CCC(N3CCCC3=O)CC2)n1. The van der Waals surface area contributed by atoms with Crippen LogP contribution in [0, 0.1) is 0 Å². The maximum absolute atomic E-state index is 11.8. The van der Waals surface area contributed by atoms with Gasteiger partial charge in [-0.3, -0.25) is 9.69 Å². The predicted octanol–water partition coefficient (Wildman–Crippen LogP) is 1.07. The summed E-state index contributed by atoms with van der Waals surface area (Å²) in [5.41, 5.74) is 0.984. The molecule has 0 atom stereocenters. The van der Waals surface area contributed by atoms with Crippen molar-refractivity contribution in [1.29, 1.82) is 0 Å². The fourth-order valence-corrected chi connectivity index (χ4v) is 3.24. The summed E-state index contributed by atoms with van der Waals surface area (Å²) in [5.74, 6) is 0.342. The average molecular weight is 290 g/mol. The zero-order valence-electron chi connectivity index (χ0n) is 12.5. The minimum atomic E-state index is 0.342. The summed E-state index contributed by atoms with van der Waals surface area (Å²) >= 11 is 0. The van der Waals surface area contributed by atoms with Crippen molar-refractivity contribution < 1.29 is 9.53 Å². The monoisotopic (exact) mass is 290 g/mol. The molecule has 1 aromatic rings. The molecule has 0 aliphatic carbocycles. The second-order valence-corrected chi connectivity index (χ2v) is 5.73. The van der Waals surface area contributed by atoms with Gasteiger partial charge in [0, 0.05) is 44.8 Å². The van der Waals surface area contributed by atoms with E-state index in [-0.39, 0.29) is 0 Å². The summed E-state index contributed by atoms with van der Waals surface area (Å²) in [6.07, 6.45) is 5.62. The highest BCUT2D eigenvalue weighted by atomic mass is 16.5. The Balaban J connectivity index is 1.52. The fraction of sp³-hybridized carbons (Fsp3) is 0.667. The molecule has 1 amide bonds. The van der Waals surface area contributed by atoms with Crippen LogP contribution in [0.3, 0.4) is 0 Å². The Hall–Kier alpha value is -1.69. The van der Waals surface area contributed by atoms with Crippen molar-refractivity contribution in [2.24, 2.45) is 0 Å². The van der Waals surface area contributed by atoms with E-state index in [1.54, 1.807) is 13.3 Å². The second kappa shape index (κ2) is 6.39.